The number of hydrogen-bond acceptors (Lipinski definition) is 3. The van der Waals surface area contributed by atoms with Gasteiger partial charge in [-0.15, -0.1) is 0 Å². The molecule has 0 amide bonds. The minimum absolute atomic E-state index is 0.142. The zero-order chi connectivity index (χ0) is 15.5. The van der Waals surface area contributed by atoms with Gasteiger partial charge in [-0.2, -0.15) is 0 Å². The number of sulfone groups is 1. The monoisotopic (exact) mass is 308 g/mol. The molecule has 2 rings (SSSR count). The maximum atomic E-state index is 11.7. The second kappa shape index (κ2) is 6.62. The average molecular weight is 308 g/mol. The van der Waals surface area contributed by atoms with E-state index in [0.717, 1.165) is 18.4 Å². The van der Waals surface area contributed by atoms with Crippen LogP contribution >= 0.6 is 0 Å². The Morgan fingerprint density at radius 3 is 2.62 bits per heavy atom. The number of aryl methyl sites for hydroxylation is 1. The fourth-order valence-electron chi connectivity index (χ4n) is 2.48. The third kappa shape index (κ3) is 3.86. The maximum Gasteiger partial charge on any atom is 0.151 e. The lowest BCUT2D eigenvalue weighted by molar-refractivity contribution is 0.591. The zero-order valence-electron chi connectivity index (χ0n) is 12.7. The van der Waals surface area contributed by atoms with Crippen LogP contribution in [-0.2, 0) is 22.8 Å². The molecule has 21 heavy (non-hydrogen) atoms. The minimum Gasteiger partial charge on any atom is -0.346 e. The first kappa shape index (κ1) is 16.0. The number of nitrogens with two attached hydrogens (primary N) is 1. The highest BCUT2D eigenvalue weighted by Gasteiger charge is 2.13. The standard InChI is InChI=1S/C16H24N2O2S/c1-3-14(17)11-13-12-18(9-10-21(19,20)4-2)16-8-6-5-7-15(13)16/h5-8,12,14H,3-4,9-11,17H2,1-2H3. The highest BCUT2D eigenvalue weighted by Crippen LogP contribution is 2.23. The molecule has 5 heteroatoms. The van der Waals surface area contributed by atoms with Crippen LogP contribution in [0, 0.1) is 0 Å². The first-order valence-corrected chi connectivity index (χ1v) is 9.31. The van der Waals surface area contributed by atoms with E-state index in [1.165, 1.54) is 10.9 Å². The predicted molar refractivity (Wildman–Crippen MR) is 88.2 cm³/mol. The molecule has 0 bridgehead atoms. The first-order chi connectivity index (χ1) is 9.96. The van der Waals surface area contributed by atoms with E-state index in [9.17, 15) is 8.42 Å². The first-order valence-electron chi connectivity index (χ1n) is 7.49. The van der Waals surface area contributed by atoms with Crippen LogP contribution in [0.15, 0.2) is 30.5 Å². The molecule has 1 atom stereocenters. The summed E-state index contributed by atoms with van der Waals surface area (Å²) >= 11 is 0. The number of benzene rings is 1. The van der Waals surface area contributed by atoms with Crippen LogP contribution in [0.5, 0.6) is 0 Å². The molecule has 2 aromatic rings. The van der Waals surface area contributed by atoms with E-state index < -0.39 is 9.84 Å². The van der Waals surface area contributed by atoms with Crippen LogP contribution in [-0.4, -0.2) is 30.5 Å². The molecule has 0 radical (unpaired) electrons. The average Bonchev–Trinajstić information content (AvgIpc) is 2.83. The van der Waals surface area contributed by atoms with E-state index in [2.05, 4.69) is 19.2 Å². The molecular formula is C16H24N2O2S. The van der Waals surface area contributed by atoms with Gasteiger partial charge in [0, 0.05) is 35.4 Å². The topological polar surface area (TPSA) is 65.1 Å². The summed E-state index contributed by atoms with van der Waals surface area (Å²) < 4.78 is 25.5. The molecule has 4 nitrogen and oxygen atoms in total. The zero-order valence-corrected chi connectivity index (χ0v) is 13.6. The van der Waals surface area contributed by atoms with Crippen molar-refractivity contribution in [3.05, 3.63) is 36.0 Å². The van der Waals surface area contributed by atoms with Crippen LogP contribution < -0.4 is 5.73 Å². The fourth-order valence-corrected chi connectivity index (χ4v) is 3.24. The van der Waals surface area contributed by atoms with Crippen molar-refractivity contribution in [1.29, 1.82) is 0 Å². The molecule has 1 heterocycles. The van der Waals surface area contributed by atoms with Crippen molar-refractivity contribution in [3.63, 3.8) is 0 Å². The number of hydrogen-bond donors (Lipinski definition) is 1. The highest BCUT2D eigenvalue weighted by atomic mass is 32.2. The van der Waals surface area contributed by atoms with Gasteiger partial charge in [0.2, 0.25) is 0 Å². The minimum atomic E-state index is -2.95. The molecule has 0 aliphatic rings. The van der Waals surface area contributed by atoms with Gasteiger partial charge in [-0.05, 0) is 24.5 Å². The molecular weight excluding hydrogens is 284 g/mol. The van der Waals surface area contributed by atoms with Crippen molar-refractivity contribution in [1.82, 2.24) is 4.57 Å². The molecule has 1 unspecified atom stereocenters. The Hall–Kier alpha value is -1.33. The molecule has 0 spiro atoms. The summed E-state index contributed by atoms with van der Waals surface area (Å²) in [6, 6.07) is 8.25. The Morgan fingerprint density at radius 1 is 1.24 bits per heavy atom. The second-order valence-corrected chi connectivity index (χ2v) is 7.95. The quantitative estimate of drug-likeness (QED) is 0.854. The SMILES string of the molecule is CCC(N)Cc1cn(CCS(=O)(=O)CC)c2ccccc12. The smallest absolute Gasteiger partial charge is 0.151 e. The Morgan fingerprint density at radius 2 is 1.95 bits per heavy atom. The highest BCUT2D eigenvalue weighted by molar-refractivity contribution is 7.91. The van der Waals surface area contributed by atoms with E-state index in [0.29, 0.717) is 6.54 Å². The Labute approximate surface area is 126 Å². The number of rotatable bonds is 7. The van der Waals surface area contributed by atoms with E-state index in [1.54, 1.807) is 6.92 Å². The van der Waals surface area contributed by atoms with Crippen LogP contribution in [0.3, 0.4) is 0 Å². The second-order valence-electron chi connectivity index (χ2n) is 5.47. The largest absolute Gasteiger partial charge is 0.346 e. The Kier molecular flexibility index (Phi) is 5.06. The third-order valence-electron chi connectivity index (χ3n) is 3.96. The van der Waals surface area contributed by atoms with Gasteiger partial charge in [0.1, 0.15) is 0 Å². The summed E-state index contributed by atoms with van der Waals surface area (Å²) in [6.07, 6.45) is 3.82. The number of fused-ring (bicyclic) bond motifs is 1. The van der Waals surface area contributed by atoms with Gasteiger partial charge in [-0.25, -0.2) is 8.42 Å². The molecule has 2 N–H and O–H groups in total. The van der Waals surface area contributed by atoms with Gasteiger partial charge in [-0.3, -0.25) is 0 Å². The number of nitrogens with zero attached hydrogens (tertiary/aromatic N) is 1. The van der Waals surface area contributed by atoms with Gasteiger partial charge in [0.15, 0.2) is 9.84 Å². The van der Waals surface area contributed by atoms with Gasteiger partial charge in [0.05, 0.1) is 5.75 Å². The predicted octanol–water partition coefficient (Wildman–Crippen LogP) is 2.36. The van der Waals surface area contributed by atoms with Gasteiger partial charge >= 0.3 is 0 Å². The van der Waals surface area contributed by atoms with Crippen molar-refractivity contribution in [2.24, 2.45) is 5.73 Å². The lowest BCUT2D eigenvalue weighted by atomic mass is 10.0. The van der Waals surface area contributed by atoms with E-state index >= 15 is 0 Å². The fraction of sp³-hybridized carbons (Fsp3) is 0.500. The van der Waals surface area contributed by atoms with Crippen molar-refractivity contribution in [2.45, 2.75) is 39.3 Å². The van der Waals surface area contributed by atoms with Crippen molar-refractivity contribution >= 4 is 20.7 Å². The lowest BCUT2D eigenvalue weighted by Crippen LogP contribution is -2.21. The van der Waals surface area contributed by atoms with Gasteiger partial charge in [0.25, 0.3) is 0 Å². The molecule has 116 valence electrons. The summed E-state index contributed by atoms with van der Waals surface area (Å²) in [4.78, 5) is 0. The van der Waals surface area contributed by atoms with Crippen molar-refractivity contribution in [2.75, 3.05) is 11.5 Å². The summed E-state index contributed by atoms with van der Waals surface area (Å²) in [7, 11) is -2.95. The number of aromatic nitrogens is 1. The van der Waals surface area contributed by atoms with E-state index in [4.69, 9.17) is 5.73 Å². The van der Waals surface area contributed by atoms with Gasteiger partial charge in [-0.1, -0.05) is 32.0 Å². The van der Waals surface area contributed by atoms with Crippen molar-refractivity contribution in [3.8, 4) is 0 Å². The van der Waals surface area contributed by atoms with E-state index in [1.807, 2.05) is 22.8 Å². The van der Waals surface area contributed by atoms with Gasteiger partial charge < -0.3 is 10.3 Å². The van der Waals surface area contributed by atoms with E-state index in [-0.39, 0.29) is 17.5 Å². The molecule has 1 aromatic carbocycles. The maximum absolute atomic E-state index is 11.7. The van der Waals surface area contributed by atoms with Crippen LogP contribution in [0.1, 0.15) is 25.8 Å². The summed E-state index contributed by atoms with van der Waals surface area (Å²) in [5, 5.41) is 1.18. The number of para-hydroxylation sites is 1. The molecule has 0 aliphatic carbocycles. The lowest BCUT2D eigenvalue weighted by Gasteiger charge is -2.07. The molecule has 0 saturated heterocycles. The molecule has 0 saturated carbocycles. The summed E-state index contributed by atoms with van der Waals surface area (Å²) in [5.41, 5.74) is 8.35. The van der Waals surface area contributed by atoms with Crippen LogP contribution in [0.25, 0.3) is 10.9 Å². The summed E-state index contributed by atoms with van der Waals surface area (Å²) in [5.74, 6) is 0.376. The molecule has 0 aliphatic heterocycles. The third-order valence-corrected chi connectivity index (χ3v) is 5.64. The summed E-state index contributed by atoms with van der Waals surface area (Å²) in [6.45, 7) is 4.27. The van der Waals surface area contributed by atoms with Crippen LogP contribution in [0.4, 0.5) is 0 Å². The normalized spacial score (nSPS) is 13.7. The Balaban J connectivity index is 2.31. The Bertz CT molecular complexity index is 704. The molecule has 1 aromatic heterocycles. The molecule has 0 fully saturated rings. The van der Waals surface area contributed by atoms with Crippen molar-refractivity contribution < 1.29 is 8.42 Å². The van der Waals surface area contributed by atoms with Crippen LogP contribution in [0.2, 0.25) is 0 Å².